The zero-order valence-electron chi connectivity index (χ0n) is 12.4. The first-order chi connectivity index (χ1) is 9.15. The highest BCUT2D eigenvalue weighted by atomic mass is 32.1. The van der Waals surface area contributed by atoms with Crippen molar-refractivity contribution >= 4 is 21.4 Å². The van der Waals surface area contributed by atoms with Crippen molar-refractivity contribution in [1.82, 2.24) is 5.32 Å². The Labute approximate surface area is 121 Å². The van der Waals surface area contributed by atoms with Crippen molar-refractivity contribution in [2.24, 2.45) is 11.8 Å². The monoisotopic (exact) mass is 275 g/mol. The summed E-state index contributed by atoms with van der Waals surface area (Å²) < 4.78 is 1.40. The van der Waals surface area contributed by atoms with E-state index in [0.717, 1.165) is 6.54 Å². The topological polar surface area (TPSA) is 12.0 Å². The average Bonchev–Trinajstić information content (AvgIpc) is 2.83. The minimum atomic E-state index is 0.469. The Morgan fingerprint density at radius 3 is 2.58 bits per heavy atom. The van der Waals surface area contributed by atoms with Gasteiger partial charge in [0.25, 0.3) is 0 Å². The van der Waals surface area contributed by atoms with E-state index in [-0.39, 0.29) is 0 Å². The van der Waals surface area contributed by atoms with Gasteiger partial charge in [-0.05, 0) is 47.2 Å². The Hall–Kier alpha value is -0.860. The van der Waals surface area contributed by atoms with Crippen LogP contribution in [0.2, 0.25) is 0 Å². The predicted octanol–water partition coefficient (Wildman–Crippen LogP) is 5.23. The fourth-order valence-electron chi connectivity index (χ4n) is 2.50. The van der Waals surface area contributed by atoms with Crippen LogP contribution in [-0.4, -0.2) is 6.54 Å². The zero-order chi connectivity index (χ0) is 13.8. The predicted molar refractivity (Wildman–Crippen MR) is 86.9 cm³/mol. The number of hydrogen-bond acceptors (Lipinski definition) is 2. The van der Waals surface area contributed by atoms with Crippen molar-refractivity contribution in [2.45, 2.75) is 40.2 Å². The third kappa shape index (κ3) is 3.18. The number of fused-ring (bicyclic) bond motifs is 1. The Kier molecular flexibility index (Phi) is 5.00. The molecule has 1 nitrogen and oxygen atoms in total. The second-order valence-corrected chi connectivity index (χ2v) is 6.63. The lowest BCUT2D eigenvalue weighted by atomic mass is 9.86. The second kappa shape index (κ2) is 6.53. The van der Waals surface area contributed by atoms with E-state index in [4.69, 9.17) is 0 Å². The molecule has 1 N–H and O–H groups in total. The number of thiophene rings is 1. The van der Waals surface area contributed by atoms with Gasteiger partial charge in [0.05, 0.1) is 0 Å². The summed E-state index contributed by atoms with van der Waals surface area (Å²) in [4.78, 5) is 0. The minimum Gasteiger partial charge on any atom is -0.310 e. The van der Waals surface area contributed by atoms with Crippen LogP contribution in [0.25, 0.3) is 10.1 Å². The van der Waals surface area contributed by atoms with Crippen LogP contribution >= 0.6 is 11.3 Å². The Morgan fingerprint density at radius 2 is 1.89 bits per heavy atom. The first-order valence-electron chi connectivity index (χ1n) is 7.34. The highest BCUT2D eigenvalue weighted by molar-refractivity contribution is 7.17. The second-order valence-electron chi connectivity index (χ2n) is 5.72. The molecule has 0 bridgehead atoms. The van der Waals surface area contributed by atoms with E-state index in [1.165, 1.54) is 22.1 Å². The van der Waals surface area contributed by atoms with Crippen LogP contribution in [0.3, 0.4) is 0 Å². The Balaban J connectivity index is 2.36. The van der Waals surface area contributed by atoms with Crippen molar-refractivity contribution in [3.8, 4) is 0 Å². The van der Waals surface area contributed by atoms with Gasteiger partial charge in [-0.25, -0.2) is 0 Å². The molecule has 104 valence electrons. The molecule has 0 aliphatic carbocycles. The molecule has 2 unspecified atom stereocenters. The summed E-state index contributed by atoms with van der Waals surface area (Å²) in [6, 6.07) is 9.23. The van der Waals surface area contributed by atoms with Crippen LogP contribution in [-0.2, 0) is 0 Å². The fourth-order valence-corrected chi connectivity index (χ4v) is 3.50. The van der Waals surface area contributed by atoms with Crippen molar-refractivity contribution < 1.29 is 0 Å². The highest BCUT2D eigenvalue weighted by Gasteiger charge is 2.23. The maximum atomic E-state index is 3.75. The van der Waals surface area contributed by atoms with Crippen molar-refractivity contribution in [3.05, 3.63) is 35.2 Å². The smallest absolute Gasteiger partial charge is 0.0362 e. The molecule has 2 rings (SSSR count). The number of benzene rings is 1. The molecule has 2 atom stereocenters. The summed E-state index contributed by atoms with van der Waals surface area (Å²) in [5.74, 6) is 1.33. The van der Waals surface area contributed by atoms with Gasteiger partial charge in [0, 0.05) is 10.7 Å². The molecule has 2 heteroatoms. The summed E-state index contributed by atoms with van der Waals surface area (Å²) in [6.07, 6.45) is 1.18. The molecule has 0 spiro atoms. The fraction of sp³-hybridized carbons (Fsp3) is 0.529. The van der Waals surface area contributed by atoms with Gasteiger partial charge in [-0.2, -0.15) is 0 Å². The number of hydrogen-bond donors (Lipinski definition) is 1. The van der Waals surface area contributed by atoms with Crippen LogP contribution in [0.5, 0.6) is 0 Å². The maximum Gasteiger partial charge on any atom is 0.0362 e. The van der Waals surface area contributed by atoms with Crippen LogP contribution in [0.4, 0.5) is 0 Å². The summed E-state index contributed by atoms with van der Waals surface area (Å²) in [5, 5.41) is 7.52. The van der Waals surface area contributed by atoms with E-state index < -0.39 is 0 Å². The quantitative estimate of drug-likeness (QED) is 0.760. The SMILES string of the molecule is CCCNC(c1csc2ccccc12)C(C)C(C)C. The first-order valence-corrected chi connectivity index (χ1v) is 8.22. The molecule has 0 aliphatic rings. The molecule has 1 aromatic heterocycles. The van der Waals surface area contributed by atoms with Gasteiger partial charge >= 0.3 is 0 Å². The molecule has 0 saturated carbocycles. The standard InChI is InChI=1S/C17H25NS/c1-5-10-18-17(13(4)12(2)3)15-11-19-16-9-7-6-8-14(15)16/h6-9,11-13,17-18H,5,10H2,1-4H3. The van der Waals surface area contributed by atoms with Crippen molar-refractivity contribution in [3.63, 3.8) is 0 Å². The van der Waals surface area contributed by atoms with Crippen molar-refractivity contribution in [1.29, 1.82) is 0 Å². The first kappa shape index (κ1) is 14.5. The molecule has 1 aromatic carbocycles. The number of nitrogens with one attached hydrogen (secondary N) is 1. The van der Waals surface area contributed by atoms with Crippen LogP contribution in [0.1, 0.15) is 45.7 Å². The molecular formula is C17H25NS. The molecule has 2 aromatic rings. The van der Waals surface area contributed by atoms with E-state index in [9.17, 15) is 0 Å². The molecule has 0 amide bonds. The van der Waals surface area contributed by atoms with Crippen LogP contribution < -0.4 is 5.32 Å². The summed E-state index contributed by atoms with van der Waals surface area (Å²) >= 11 is 1.86. The third-order valence-corrected chi connectivity index (χ3v) is 5.02. The lowest BCUT2D eigenvalue weighted by Crippen LogP contribution is -2.30. The third-order valence-electron chi connectivity index (χ3n) is 4.04. The van der Waals surface area contributed by atoms with Gasteiger partial charge in [-0.3, -0.25) is 0 Å². The van der Waals surface area contributed by atoms with Crippen molar-refractivity contribution in [2.75, 3.05) is 6.54 Å². The Bertz CT molecular complexity index is 515. The van der Waals surface area contributed by atoms with E-state index in [1.54, 1.807) is 0 Å². The molecule has 0 radical (unpaired) electrons. The highest BCUT2D eigenvalue weighted by Crippen LogP contribution is 2.35. The van der Waals surface area contributed by atoms with Crippen LogP contribution in [0.15, 0.2) is 29.6 Å². The van der Waals surface area contributed by atoms with Gasteiger partial charge in [-0.1, -0.05) is 45.9 Å². The minimum absolute atomic E-state index is 0.469. The van der Waals surface area contributed by atoms with Gasteiger partial charge in [0.15, 0.2) is 0 Å². The summed E-state index contributed by atoms with van der Waals surface area (Å²) in [7, 11) is 0. The lowest BCUT2D eigenvalue weighted by Gasteiger charge is -2.28. The Morgan fingerprint density at radius 1 is 1.16 bits per heavy atom. The van der Waals surface area contributed by atoms with Gasteiger partial charge in [0.1, 0.15) is 0 Å². The molecule has 1 heterocycles. The summed E-state index contributed by atoms with van der Waals surface area (Å²) in [5.41, 5.74) is 1.48. The van der Waals surface area contributed by atoms with E-state index in [0.29, 0.717) is 17.9 Å². The van der Waals surface area contributed by atoms with Gasteiger partial charge in [-0.15, -0.1) is 11.3 Å². The van der Waals surface area contributed by atoms with Gasteiger partial charge < -0.3 is 5.32 Å². The molecule has 19 heavy (non-hydrogen) atoms. The van der Waals surface area contributed by atoms with E-state index in [1.807, 2.05) is 11.3 Å². The summed E-state index contributed by atoms with van der Waals surface area (Å²) in [6.45, 7) is 10.3. The van der Waals surface area contributed by atoms with Crippen LogP contribution in [0, 0.1) is 11.8 Å². The number of rotatable bonds is 6. The lowest BCUT2D eigenvalue weighted by molar-refractivity contribution is 0.305. The van der Waals surface area contributed by atoms with Gasteiger partial charge in [0.2, 0.25) is 0 Å². The largest absolute Gasteiger partial charge is 0.310 e. The molecular weight excluding hydrogens is 250 g/mol. The molecule has 0 aliphatic heterocycles. The van der Waals surface area contributed by atoms with E-state index >= 15 is 0 Å². The normalized spacial score (nSPS) is 15.0. The zero-order valence-corrected chi connectivity index (χ0v) is 13.3. The molecule has 0 saturated heterocycles. The van der Waals surface area contributed by atoms with E-state index in [2.05, 4.69) is 62.7 Å². The maximum absolute atomic E-state index is 3.75. The molecule has 0 fully saturated rings. The average molecular weight is 275 g/mol.